The summed E-state index contributed by atoms with van der Waals surface area (Å²) in [7, 11) is 0. The standard InChI is InChI=1S/C14H26N2O/c1-14(2)11-15-8-9-16(14)13(17)10-12-6-4-3-5-7-12/h12,15H,3-11H2,1-2H3. The molecule has 3 heteroatoms. The van der Waals surface area contributed by atoms with Crippen molar-refractivity contribution in [3.05, 3.63) is 0 Å². The van der Waals surface area contributed by atoms with Crippen LogP contribution in [0.3, 0.4) is 0 Å². The molecule has 0 atom stereocenters. The molecule has 0 spiro atoms. The molecule has 2 aliphatic rings. The van der Waals surface area contributed by atoms with Crippen LogP contribution in [0.4, 0.5) is 0 Å². The highest BCUT2D eigenvalue weighted by molar-refractivity contribution is 5.77. The van der Waals surface area contributed by atoms with E-state index in [9.17, 15) is 4.79 Å². The Morgan fingerprint density at radius 2 is 2.00 bits per heavy atom. The first kappa shape index (κ1) is 12.9. The Hall–Kier alpha value is -0.570. The van der Waals surface area contributed by atoms with E-state index in [-0.39, 0.29) is 5.54 Å². The van der Waals surface area contributed by atoms with E-state index in [1.807, 2.05) is 0 Å². The van der Waals surface area contributed by atoms with Gasteiger partial charge in [0.05, 0.1) is 0 Å². The molecule has 3 nitrogen and oxygen atoms in total. The molecule has 17 heavy (non-hydrogen) atoms. The number of piperazine rings is 1. The molecule has 2 fully saturated rings. The Morgan fingerprint density at radius 3 is 2.65 bits per heavy atom. The maximum absolute atomic E-state index is 12.4. The van der Waals surface area contributed by atoms with Crippen LogP contribution >= 0.6 is 0 Å². The molecule has 0 aromatic rings. The molecule has 98 valence electrons. The Labute approximate surface area is 105 Å². The number of amides is 1. The predicted octanol–water partition coefficient (Wildman–Crippen LogP) is 2.17. The number of carbonyl (C=O) groups excluding carboxylic acids is 1. The summed E-state index contributed by atoms with van der Waals surface area (Å²) in [6, 6.07) is 0. The molecular formula is C14H26N2O. The second-order valence-corrected chi connectivity index (χ2v) is 6.24. The van der Waals surface area contributed by atoms with Crippen LogP contribution < -0.4 is 5.32 Å². The molecular weight excluding hydrogens is 212 g/mol. The third-order valence-corrected chi connectivity index (χ3v) is 4.29. The predicted molar refractivity (Wildman–Crippen MR) is 69.9 cm³/mol. The summed E-state index contributed by atoms with van der Waals surface area (Å²) >= 11 is 0. The van der Waals surface area contributed by atoms with Crippen LogP contribution in [0, 0.1) is 5.92 Å². The van der Waals surface area contributed by atoms with Gasteiger partial charge in [-0.05, 0) is 32.6 Å². The first-order valence-corrected chi connectivity index (χ1v) is 7.11. The highest BCUT2D eigenvalue weighted by atomic mass is 16.2. The molecule has 0 bridgehead atoms. The Bertz CT molecular complexity index is 269. The molecule has 1 aliphatic carbocycles. The summed E-state index contributed by atoms with van der Waals surface area (Å²) in [6.07, 6.45) is 7.32. The van der Waals surface area contributed by atoms with Crippen molar-refractivity contribution in [2.24, 2.45) is 5.92 Å². The summed E-state index contributed by atoms with van der Waals surface area (Å²) in [5.74, 6) is 1.03. The minimum atomic E-state index is -0.00992. The van der Waals surface area contributed by atoms with Crippen LogP contribution in [0.1, 0.15) is 52.4 Å². The minimum Gasteiger partial charge on any atom is -0.335 e. The molecule has 0 aromatic heterocycles. The third-order valence-electron chi connectivity index (χ3n) is 4.29. The van der Waals surface area contributed by atoms with Crippen molar-refractivity contribution in [3.63, 3.8) is 0 Å². The van der Waals surface area contributed by atoms with Gasteiger partial charge < -0.3 is 10.2 Å². The molecule has 1 aliphatic heterocycles. The summed E-state index contributed by atoms with van der Waals surface area (Å²) in [4.78, 5) is 14.5. The highest BCUT2D eigenvalue weighted by Crippen LogP contribution is 2.28. The van der Waals surface area contributed by atoms with Gasteiger partial charge >= 0.3 is 0 Å². The fourth-order valence-electron chi connectivity index (χ4n) is 3.19. The number of rotatable bonds is 2. The number of nitrogens with one attached hydrogen (secondary N) is 1. The number of hydrogen-bond acceptors (Lipinski definition) is 2. The van der Waals surface area contributed by atoms with Crippen molar-refractivity contribution >= 4 is 5.91 Å². The van der Waals surface area contributed by atoms with E-state index in [0.29, 0.717) is 11.8 Å². The summed E-state index contributed by atoms with van der Waals surface area (Å²) in [5, 5.41) is 3.37. The number of carbonyl (C=O) groups is 1. The maximum atomic E-state index is 12.4. The van der Waals surface area contributed by atoms with E-state index in [0.717, 1.165) is 26.1 Å². The highest BCUT2D eigenvalue weighted by Gasteiger charge is 2.33. The van der Waals surface area contributed by atoms with Gasteiger partial charge in [0.1, 0.15) is 0 Å². The molecule has 1 saturated carbocycles. The molecule has 1 heterocycles. The van der Waals surface area contributed by atoms with Gasteiger partial charge in [-0.25, -0.2) is 0 Å². The lowest BCUT2D eigenvalue weighted by molar-refractivity contribution is -0.139. The average Bonchev–Trinajstić information content (AvgIpc) is 2.29. The monoisotopic (exact) mass is 238 g/mol. The molecule has 1 N–H and O–H groups in total. The van der Waals surface area contributed by atoms with E-state index < -0.39 is 0 Å². The maximum Gasteiger partial charge on any atom is 0.223 e. The zero-order chi connectivity index (χ0) is 12.3. The summed E-state index contributed by atoms with van der Waals surface area (Å²) in [6.45, 7) is 7.07. The smallest absolute Gasteiger partial charge is 0.223 e. The number of hydrogen-bond donors (Lipinski definition) is 1. The van der Waals surface area contributed by atoms with Crippen molar-refractivity contribution in [2.45, 2.75) is 57.9 Å². The first-order chi connectivity index (χ1) is 8.09. The van der Waals surface area contributed by atoms with Crippen molar-refractivity contribution < 1.29 is 4.79 Å². The Kier molecular flexibility index (Phi) is 4.08. The molecule has 0 unspecified atom stereocenters. The van der Waals surface area contributed by atoms with Gasteiger partial charge in [-0.1, -0.05) is 19.3 Å². The zero-order valence-electron chi connectivity index (χ0n) is 11.3. The largest absolute Gasteiger partial charge is 0.335 e. The van der Waals surface area contributed by atoms with Crippen molar-refractivity contribution in [3.8, 4) is 0 Å². The molecule has 0 aromatic carbocycles. The fraction of sp³-hybridized carbons (Fsp3) is 0.929. The van der Waals surface area contributed by atoms with Crippen LogP contribution in [0.2, 0.25) is 0 Å². The van der Waals surface area contributed by atoms with E-state index in [1.165, 1.54) is 32.1 Å². The lowest BCUT2D eigenvalue weighted by Gasteiger charge is -2.43. The zero-order valence-corrected chi connectivity index (χ0v) is 11.3. The van der Waals surface area contributed by atoms with Crippen LogP contribution in [-0.2, 0) is 4.79 Å². The lowest BCUT2D eigenvalue weighted by atomic mass is 9.86. The van der Waals surface area contributed by atoms with Gasteiger partial charge in [0.25, 0.3) is 0 Å². The van der Waals surface area contributed by atoms with E-state index in [4.69, 9.17) is 0 Å². The SMILES string of the molecule is CC1(C)CNCCN1C(=O)CC1CCCCC1. The topological polar surface area (TPSA) is 32.3 Å². The van der Waals surface area contributed by atoms with Crippen LogP contribution in [-0.4, -0.2) is 36.0 Å². The Balaban J connectivity index is 1.89. The molecule has 1 amide bonds. The van der Waals surface area contributed by atoms with Crippen LogP contribution in [0.25, 0.3) is 0 Å². The van der Waals surface area contributed by atoms with Gasteiger partial charge in [0, 0.05) is 31.6 Å². The molecule has 2 rings (SSSR count). The number of nitrogens with zero attached hydrogens (tertiary/aromatic N) is 1. The van der Waals surface area contributed by atoms with Crippen molar-refractivity contribution in [1.29, 1.82) is 0 Å². The first-order valence-electron chi connectivity index (χ1n) is 7.11. The van der Waals surface area contributed by atoms with Gasteiger partial charge in [-0.15, -0.1) is 0 Å². The van der Waals surface area contributed by atoms with E-state index in [2.05, 4.69) is 24.1 Å². The second-order valence-electron chi connectivity index (χ2n) is 6.24. The van der Waals surface area contributed by atoms with E-state index >= 15 is 0 Å². The average molecular weight is 238 g/mol. The van der Waals surface area contributed by atoms with Crippen molar-refractivity contribution in [2.75, 3.05) is 19.6 Å². The van der Waals surface area contributed by atoms with Crippen LogP contribution in [0.5, 0.6) is 0 Å². The minimum absolute atomic E-state index is 0.00992. The quantitative estimate of drug-likeness (QED) is 0.799. The second kappa shape index (κ2) is 5.38. The van der Waals surface area contributed by atoms with Crippen molar-refractivity contribution in [1.82, 2.24) is 10.2 Å². The third kappa shape index (κ3) is 3.21. The lowest BCUT2D eigenvalue weighted by Crippen LogP contribution is -2.60. The van der Waals surface area contributed by atoms with Gasteiger partial charge in [0.15, 0.2) is 0 Å². The van der Waals surface area contributed by atoms with Gasteiger partial charge in [0.2, 0.25) is 5.91 Å². The molecule has 0 radical (unpaired) electrons. The van der Waals surface area contributed by atoms with Gasteiger partial charge in [-0.3, -0.25) is 4.79 Å². The fourth-order valence-corrected chi connectivity index (χ4v) is 3.19. The van der Waals surface area contributed by atoms with Gasteiger partial charge in [-0.2, -0.15) is 0 Å². The normalized spacial score (nSPS) is 25.9. The summed E-state index contributed by atoms with van der Waals surface area (Å²) in [5.41, 5.74) is -0.00992. The Morgan fingerprint density at radius 1 is 1.29 bits per heavy atom. The van der Waals surface area contributed by atoms with E-state index in [1.54, 1.807) is 0 Å². The van der Waals surface area contributed by atoms with Crippen LogP contribution in [0.15, 0.2) is 0 Å². The molecule has 1 saturated heterocycles. The summed E-state index contributed by atoms with van der Waals surface area (Å²) < 4.78 is 0.